The van der Waals surface area contributed by atoms with Crippen molar-refractivity contribution in [1.82, 2.24) is 20.0 Å². The monoisotopic (exact) mass is 504 g/mol. The SMILES string of the molecule is CN(CCCNCc1cn(C2CCCCO2)nc1C1=CCC(C)(C)[C@@H](C(=O)O)C1)C(=O)OC(C)(C)C. The lowest BCUT2D eigenvalue weighted by atomic mass is 9.69. The number of carbonyl (C=O) groups is 2. The lowest BCUT2D eigenvalue weighted by molar-refractivity contribution is -0.145. The van der Waals surface area contributed by atoms with Crippen molar-refractivity contribution in [3.63, 3.8) is 0 Å². The molecule has 36 heavy (non-hydrogen) atoms. The van der Waals surface area contributed by atoms with Gasteiger partial charge >= 0.3 is 12.1 Å². The Bertz CT molecular complexity index is 940. The van der Waals surface area contributed by atoms with Crippen molar-refractivity contribution >= 4 is 17.6 Å². The van der Waals surface area contributed by atoms with Gasteiger partial charge in [0, 0.05) is 38.5 Å². The van der Waals surface area contributed by atoms with Crippen molar-refractivity contribution in [2.45, 2.75) is 91.5 Å². The average Bonchev–Trinajstić information content (AvgIpc) is 3.22. The van der Waals surface area contributed by atoms with Crippen molar-refractivity contribution in [2.75, 3.05) is 26.7 Å². The molecule has 0 aromatic carbocycles. The van der Waals surface area contributed by atoms with E-state index >= 15 is 0 Å². The molecule has 1 aromatic rings. The standard InChI is InChI=1S/C27H44N4O5/c1-26(2,3)36-25(34)30(6)14-9-13-28-17-20-18-31(22-10-7-8-15-35-22)29-23(20)19-11-12-27(4,5)21(16-19)24(32)33/h11,18,21-22,28H,7-10,12-17H2,1-6H3,(H,32,33)/t21-,22?/m1/s1. The fourth-order valence-electron chi connectivity index (χ4n) is 4.73. The molecule has 1 amide bonds. The first-order valence-electron chi connectivity index (χ1n) is 13.1. The van der Waals surface area contributed by atoms with E-state index in [-0.39, 0.29) is 17.7 Å². The zero-order valence-corrected chi connectivity index (χ0v) is 22.8. The van der Waals surface area contributed by atoms with Crippen molar-refractivity contribution in [2.24, 2.45) is 11.3 Å². The predicted molar refractivity (Wildman–Crippen MR) is 138 cm³/mol. The molecule has 1 unspecified atom stereocenters. The quantitative estimate of drug-likeness (QED) is 0.464. The second-order valence-corrected chi connectivity index (χ2v) is 11.8. The molecular formula is C27H44N4O5. The maximum absolute atomic E-state index is 12.1. The van der Waals surface area contributed by atoms with Crippen LogP contribution in [0.4, 0.5) is 4.79 Å². The van der Waals surface area contributed by atoms with Crippen molar-refractivity contribution in [1.29, 1.82) is 0 Å². The maximum Gasteiger partial charge on any atom is 0.410 e. The van der Waals surface area contributed by atoms with Crippen LogP contribution in [0, 0.1) is 11.3 Å². The Morgan fingerprint density at radius 1 is 1.33 bits per heavy atom. The highest BCUT2D eigenvalue weighted by Gasteiger charge is 2.39. The summed E-state index contributed by atoms with van der Waals surface area (Å²) in [5, 5.41) is 18.2. The topological polar surface area (TPSA) is 106 Å². The van der Waals surface area contributed by atoms with Gasteiger partial charge in [-0.05, 0) is 76.8 Å². The largest absolute Gasteiger partial charge is 0.481 e. The molecule has 2 N–H and O–H groups in total. The Morgan fingerprint density at radius 3 is 2.72 bits per heavy atom. The highest BCUT2D eigenvalue weighted by atomic mass is 16.6. The average molecular weight is 505 g/mol. The van der Waals surface area contributed by atoms with Gasteiger partial charge in [0.2, 0.25) is 0 Å². The molecule has 0 spiro atoms. The number of carboxylic acids is 1. The number of hydrogen-bond donors (Lipinski definition) is 2. The van der Waals surface area contributed by atoms with Gasteiger partial charge in [0.25, 0.3) is 0 Å². The first-order chi connectivity index (χ1) is 16.9. The lowest BCUT2D eigenvalue weighted by Gasteiger charge is -2.35. The number of aromatic nitrogens is 2. The number of allylic oxidation sites excluding steroid dienone is 2. The van der Waals surface area contributed by atoms with Crippen LogP contribution >= 0.6 is 0 Å². The van der Waals surface area contributed by atoms with Crippen LogP contribution < -0.4 is 5.32 Å². The Balaban J connectivity index is 1.66. The van der Waals surface area contributed by atoms with Crippen LogP contribution in [-0.2, 0) is 20.8 Å². The number of aliphatic carboxylic acids is 1. The van der Waals surface area contributed by atoms with E-state index in [9.17, 15) is 14.7 Å². The Labute approximate surface area is 215 Å². The molecule has 202 valence electrons. The first-order valence-corrected chi connectivity index (χ1v) is 13.1. The van der Waals surface area contributed by atoms with Gasteiger partial charge in [0.05, 0.1) is 11.6 Å². The molecule has 2 atom stereocenters. The zero-order valence-electron chi connectivity index (χ0n) is 22.8. The van der Waals surface area contributed by atoms with Crippen LogP contribution in [0.25, 0.3) is 5.57 Å². The van der Waals surface area contributed by atoms with Crippen LogP contribution in [0.15, 0.2) is 12.3 Å². The predicted octanol–water partition coefficient (Wildman–Crippen LogP) is 4.83. The Hall–Kier alpha value is -2.39. The molecule has 9 nitrogen and oxygen atoms in total. The highest BCUT2D eigenvalue weighted by molar-refractivity contribution is 5.77. The molecule has 1 aromatic heterocycles. The third-order valence-corrected chi connectivity index (χ3v) is 6.97. The summed E-state index contributed by atoms with van der Waals surface area (Å²) < 4.78 is 13.3. The van der Waals surface area contributed by atoms with E-state index in [1.54, 1.807) is 11.9 Å². The Kier molecular flexibility index (Phi) is 9.22. The second kappa shape index (κ2) is 11.8. The molecule has 0 radical (unpaired) electrons. The van der Waals surface area contributed by atoms with E-state index in [2.05, 4.69) is 11.4 Å². The third kappa shape index (κ3) is 7.56. The third-order valence-electron chi connectivity index (χ3n) is 6.97. The van der Waals surface area contributed by atoms with Gasteiger partial charge in [-0.25, -0.2) is 9.48 Å². The molecule has 0 bridgehead atoms. The first kappa shape index (κ1) is 28.2. The van der Waals surface area contributed by atoms with Crippen molar-refractivity contribution in [3.05, 3.63) is 23.5 Å². The summed E-state index contributed by atoms with van der Waals surface area (Å²) >= 11 is 0. The molecule has 1 aliphatic carbocycles. The van der Waals surface area contributed by atoms with Gasteiger partial charge in [-0.3, -0.25) is 4.79 Å². The number of amides is 1. The van der Waals surface area contributed by atoms with E-state index in [4.69, 9.17) is 14.6 Å². The molecule has 1 fully saturated rings. The normalized spacial score (nSPS) is 22.1. The molecule has 1 saturated heterocycles. The molecule has 3 rings (SSSR count). The number of ether oxygens (including phenoxy) is 2. The van der Waals surface area contributed by atoms with Gasteiger partial charge < -0.3 is 24.8 Å². The number of carbonyl (C=O) groups excluding carboxylic acids is 1. The van der Waals surface area contributed by atoms with E-state index < -0.39 is 17.5 Å². The molecular weight excluding hydrogens is 460 g/mol. The lowest BCUT2D eigenvalue weighted by Crippen LogP contribution is -2.35. The van der Waals surface area contributed by atoms with Crippen LogP contribution in [0.5, 0.6) is 0 Å². The van der Waals surface area contributed by atoms with Gasteiger partial charge in [-0.2, -0.15) is 5.10 Å². The van der Waals surface area contributed by atoms with Crippen LogP contribution in [0.2, 0.25) is 0 Å². The Morgan fingerprint density at radius 2 is 2.08 bits per heavy atom. The van der Waals surface area contributed by atoms with E-state index in [1.165, 1.54) is 0 Å². The number of nitrogens with one attached hydrogen (secondary N) is 1. The molecule has 2 aliphatic rings. The van der Waals surface area contributed by atoms with E-state index in [0.29, 0.717) is 25.9 Å². The zero-order chi connectivity index (χ0) is 26.5. The minimum absolute atomic E-state index is 0.0790. The van der Waals surface area contributed by atoms with Crippen molar-refractivity contribution in [3.8, 4) is 0 Å². The summed E-state index contributed by atoms with van der Waals surface area (Å²) in [5.41, 5.74) is 2.11. The minimum Gasteiger partial charge on any atom is -0.481 e. The number of nitrogens with zero attached hydrogens (tertiary/aromatic N) is 3. The fourth-order valence-corrected chi connectivity index (χ4v) is 4.73. The van der Waals surface area contributed by atoms with Crippen LogP contribution in [0.1, 0.15) is 90.6 Å². The minimum atomic E-state index is -0.755. The molecule has 0 saturated carbocycles. The summed E-state index contributed by atoms with van der Waals surface area (Å²) in [6, 6.07) is 0. The molecule has 1 aliphatic heterocycles. The van der Waals surface area contributed by atoms with Gasteiger partial charge in [0.1, 0.15) is 11.8 Å². The van der Waals surface area contributed by atoms with Crippen LogP contribution in [-0.4, -0.2) is 64.2 Å². The highest BCUT2D eigenvalue weighted by Crippen LogP contribution is 2.43. The number of carboxylic acid groups (broad SMARTS) is 1. The summed E-state index contributed by atoms with van der Waals surface area (Å²) in [6.07, 6.45) is 8.86. The maximum atomic E-state index is 12.1. The summed E-state index contributed by atoms with van der Waals surface area (Å²) in [4.78, 5) is 25.7. The van der Waals surface area contributed by atoms with Gasteiger partial charge in [-0.1, -0.05) is 19.9 Å². The van der Waals surface area contributed by atoms with E-state index in [0.717, 1.165) is 55.7 Å². The second-order valence-electron chi connectivity index (χ2n) is 11.8. The fraction of sp³-hybridized carbons (Fsp3) is 0.741. The summed E-state index contributed by atoms with van der Waals surface area (Å²) in [6.45, 7) is 12.3. The van der Waals surface area contributed by atoms with Crippen molar-refractivity contribution < 1.29 is 24.2 Å². The molecule has 2 heterocycles. The summed E-state index contributed by atoms with van der Waals surface area (Å²) in [7, 11) is 1.75. The number of hydrogen-bond acceptors (Lipinski definition) is 6. The number of rotatable bonds is 9. The summed E-state index contributed by atoms with van der Waals surface area (Å²) in [5.74, 6) is -1.20. The van der Waals surface area contributed by atoms with Crippen LogP contribution in [0.3, 0.4) is 0 Å². The smallest absolute Gasteiger partial charge is 0.410 e. The molecule has 9 heteroatoms. The van der Waals surface area contributed by atoms with Gasteiger partial charge in [-0.15, -0.1) is 0 Å². The van der Waals surface area contributed by atoms with Gasteiger partial charge in [0.15, 0.2) is 0 Å². The van der Waals surface area contributed by atoms with E-state index in [1.807, 2.05) is 45.5 Å².